The van der Waals surface area contributed by atoms with E-state index in [0.29, 0.717) is 5.69 Å². The van der Waals surface area contributed by atoms with E-state index in [1.165, 1.54) is 24.4 Å². The number of benzene rings is 1. The van der Waals surface area contributed by atoms with Crippen LogP contribution < -0.4 is 10.0 Å². The van der Waals surface area contributed by atoms with E-state index in [9.17, 15) is 17.2 Å². The van der Waals surface area contributed by atoms with Crippen LogP contribution in [0.1, 0.15) is 0 Å². The number of halogens is 2. The first-order valence-electron chi connectivity index (χ1n) is 5.50. The lowest BCUT2D eigenvalue weighted by atomic mass is 10.2. The molecule has 2 N–H and O–H groups in total. The van der Waals surface area contributed by atoms with Gasteiger partial charge in [0.25, 0.3) is 0 Å². The fraction of sp³-hybridized carbons (Fsp3) is 0.0833. The summed E-state index contributed by atoms with van der Waals surface area (Å²) in [6.07, 6.45) is 2.26. The fourth-order valence-electron chi connectivity index (χ4n) is 1.48. The van der Waals surface area contributed by atoms with Crippen molar-refractivity contribution in [2.75, 3.05) is 16.3 Å². The van der Waals surface area contributed by atoms with Gasteiger partial charge in [0.2, 0.25) is 10.0 Å². The van der Waals surface area contributed by atoms with Gasteiger partial charge < -0.3 is 5.32 Å². The van der Waals surface area contributed by atoms with Crippen molar-refractivity contribution in [3.05, 3.63) is 48.2 Å². The third-order valence-electron chi connectivity index (χ3n) is 2.29. The van der Waals surface area contributed by atoms with Gasteiger partial charge >= 0.3 is 0 Å². The largest absolute Gasteiger partial charge is 0.349 e. The molecule has 0 aliphatic heterocycles. The number of aromatic nitrogens is 1. The van der Waals surface area contributed by atoms with Crippen molar-refractivity contribution in [3.8, 4) is 0 Å². The molecule has 0 fully saturated rings. The van der Waals surface area contributed by atoms with Gasteiger partial charge in [0.15, 0.2) is 0 Å². The van der Waals surface area contributed by atoms with Gasteiger partial charge in [0, 0.05) is 0 Å². The number of hydrogen-bond donors (Lipinski definition) is 2. The van der Waals surface area contributed by atoms with Crippen LogP contribution in [-0.4, -0.2) is 19.7 Å². The van der Waals surface area contributed by atoms with Crippen LogP contribution >= 0.6 is 0 Å². The predicted octanol–water partition coefficient (Wildman–Crippen LogP) is 2.47. The molecule has 0 unspecified atom stereocenters. The molecule has 1 aromatic carbocycles. The monoisotopic (exact) mass is 299 g/mol. The lowest BCUT2D eigenvalue weighted by Gasteiger charge is -2.09. The van der Waals surface area contributed by atoms with E-state index in [1.807, 2.05) is 0 Å². The third kappa shape index (κ3) is 3.64. The van der Waals surface area contributed by atoms with Crippen LogP contribution in [0.25, 0.3) is 0 Å². The first-order chi connectivity index (χ1) is 9.35. The van der Waals surface area contributed by atoms with Gasteiger partial charge in [-0.3, -0.25) is 4.72 Å². The van der Waals surface area contributed by atoms with Gasteiger partial charge in [-0.1, -0.05) is 6.07 Å². The number of anilines is 3. The number of nitrogens with zero attached hydrogens (tertiary/aromatic N) is 1. The second kappa shape index (κ2) is 5.41. The predicted molar refractivity (Wildman–Crippen MR) is 72.3 cm³/mol. The summed E-state index contributed by atoms with van der Waals surface area (Å²) in [5.41, 5.74) is 0.0335. The first-order valence-corrected chi connectivity index (χ1v) is 7.39. The summed E-state index contributed by atoms with van der Waals surface area (Å²) in [5, 5.41) is 2.54. The Bertz CT molecular complexity index is 698. The standard InChI is InChI=1S/C12H11F2N3O2S/c1-20(18,19)17-11-6-5-8(7-15-11)16-12-9(13)3-2-4-10(12)14/h2-7,16H,1H3,(H,15,17). The summed E-state index contributed by atoms with van der Waals surface area (Å²) in [4.78, 5) is 3.82. The molecule has 2 aromatic rings. The van der Waals surface area contributed by atoms with Crippen molar-refractivity contribution in [1.82, 2.24) is 4.98 Å². The lowest BCUT2D eigenvalue weighted by Crippen LogP contribution is -2.10. The maximum Gasteiger partial charge on any atom is 0.230 e. The molecule has 0 atom stereocenters. The average molecular weight is 299 g/mol. The van der Waals surface area contributed by atoms with E-state index in [1.54, 1.807) is 0 Å². The lowest BCUT2D eigenvalue weighted by molar-refractivity contribution is 0.590. The topological polar surface area (TPSA) is 71.1 Å². The van der Waals surface area contributed by atoms with Crippen LogP contribution in [0.4, 0.5) is 26.0 Å². The van der Waals surface area contributed by atoms with Gasteiger partial charge in [-0.15, -0.1) is 0 Å². The molecule has 1 aromatic heterocycles. The Morgan fingerprint density at radius 2 is 1.75 bits per heavy atom. The second-order valence-electron chi connectivity index (χ2n) is 4.03. The number of sulfonamides is 1. The van der Waals surface area contributed by atoms with E-state index in [2.05, 4.69) is 15.0 Å². The zero-order chi connectivity index (χ0) is 14.8. The van der Waals surface area contributed by atoms with E-state index in [-0.39, 0.29) is 11.5 Å². The fourth-order valence-corrected chi connectivity index (χ4v) is 1.98. The van der Waals surface area contributed by atoms with Gasteiger partial charge in [-0.2, -0.15) is 0 Å². The number of hydrogen-bond acceptors (Lipinski definition) is 4. The van der Waals surface area contributed by atoms with E-state index in [0.717, 1.165) is 18.4 Å². The minimum Gasteiger partial charge on any atom is -0.349 e. The molecule has 8 heteroatoms. The molecule has 5 nitrogen and oxygen atoms in total. The highest BCUT2D eigenvalue weighted by molar-refractivity contribution is 7.92. The molecule has 1 heterocycles. The Morgan fingerprint density at radius 3 is 2.25 bits per heavy atom. The molecular formula is C12H11F2N3O2S. The van der Waals surface area contributed by atoms with E-state index < -0.39 is 21.7 Å². The quantitative estimate of drug-likeness (QED) is 0.910. The molecule has 0 saturated carbocycles. The maximum absolute atomic E-state index is 13.4. The molecule has 2 rings (SSSR count). The van der Waals surface area contributed by atoms with Crippen LogP contribution in [0.2, 0.25) is 0 Å². The molecule has 0 radical (unpaired) electrons. The minimum atomic E-state index is -3.42. The molecule has 0 spiro atoms. The number of rotatable bonds is 4. The smallest absolute Gasteiger partial charge is 0.230 e. The molecule has 106 valence electrons. The molecule has 20 heavy (non-hydrogen) atoms. The Hall–Kier alpha value is -2.22. The van der Waals surface area contributed by atoms with Crippen molar-refractivity contribution >= 4 is 27.2 Å². The third-order valence-corrected chi connectivity index (χ3v) is 2.87. The highest BCUT2D eigenvalue weighted by Crippen LogP contribution is 2.23. The van der Waals surface area contributed by atoms with Crippen LogP contribution in [0, 0.1) is 11.6 Å². The normalized spacial score (nSPS) is 11.2. The summed E-state index contributed by atoms with van der Waals surface area (Å²) in [6, 6.07) is 6.33. The molecule has 0 aliphatic rings. The molecule has 0 aliphatic carbocycles. The van der Waals surface area contributed by atoms with E-state index >= 15 is 0 Å². The van der Waals surface area contributed by atoms with Gasteiger partial charge in [-0.25, -0.2) is 22.2 Å². The molecule has 0 amide bonds. The Labute approximate surface area is 114 Å². The second-order valence-corrected chi connectivity index (χ2v) is 5.78. The van der Waals surface area contributed by atoms with Crippen LogP contribution in [0.5, 0.6) is 0 Å². The van der Waals surface area contributed by atoms with Crippen molar-refractivity contribution in [3.63, 3.8) is 0 Å². The van der Waals surface area contributed by atoms with Crippen molar-refractivity contribution in [1.29, 1.82) is 0 Å². The Kier molecular flexibility index (Phi) is 3.84. The zero-order valence-corrected chi connectivity index (χ0v) is 11.2. The Morgan fingerprint density at radius 1 is 1.10 bits per heavy atom. The number of pyridine rings is 1. The maximum atomic E-state index is 13.4. The highest BCUT2D eigenvalue weighted by Gasteiger charge is 2.09. The summed E-state index contributed by atoms with van der Waals surface area (Å²) in [7, 11) is -3.42. The average Bonchev–Trinajstić information content (AvgIpc) is 2.34. The summed E-state index contributed by atoms with van der Waals surface area (Å²) >= 11 is 0. The van der Waals surface area contributed by atoms with Crippen molar-refractivity contribution in [2.45, 2.75) is 0 Å². The van der Waals surface area contributed by atoms with Crippen LogP contribution in [0.3, 0.4) is 0 Å². The van der Waals surface area contributed by atoms with Crippen LogP contribution in [0.15, 0.2) is 36.5 Å². The summed E-state index contributed by atoms with van der Waals surface area (Å²) in [6.45, 7) is 0. The SMILES string of the molecule is CS(=O)(=O)Nc1ccc(Nc2c(F)cccc2F)cn1. The zero-order valence-electron chi connectivity index (χ0n) is 10.4. The van der Waals surface area contributed by atoms with Crippen molar-refractivity contribution in [2.24, 2.45) is 0 Å². The first kappa shape index (κ1) is 14.2. The highest BCUT2D eigenvalue weighted by atomic mass is 32.2. The van der Waals surface area contributed by atoms with Gasteiger partial charge in [0.1, 0.15) is 23.1 Å². The number of para-hydroxylation sites is 1. The molecule has 0 bridgehead atoms. The minimum absolute atomic E-state index is 0.118. The van der Waals surface area contributed by atoms with Crippen LogP contribution in [-0.2, 0) is 10.0 Å². The molecular weight excluding hydrogens is 288 g/mol. The molecule has 0 saturated heterocycles. The van der Waals surface area contributed by atoms with Crippen molar-refractivity contribution < 1.29 is 17.2 Å². The summed E-state index contributed by atoms with van der Waals surface area (Å²) in [5.74, 6) is -1.35. The van der Waals surface area contributed by atoms with Gasteiger partial charge in [-0.05, 0) is 24.3 Å². The number of nitrogens with one attached hydrogen (secondary N) is 2. The van der Waals surface area contributed by atoms with Gasteiger partial charge in [0.05, 0.1) is 18.1 Å². The Balaban J connectivity index is 2.19. The van der Waals surface area contributed by atoms with E-state index in [4.69, 9.17) is 0 Å². The summed E-state index contributed by atoms with van der Waals surface area (Å²) < 4.78 is 51.0.